The lowest BCUT2D eigenvalue weighted by Crippen LogP contribution is -2.30. The topological polar surface area (TPSA) is 29.3 Å². The molecule has 20 heavy (non-hydrogen) atoms. The zero-order valence-electron chi connectivity index (χ0n) is 12.0. The molecule has 3 rings (SSSR count). The van der Waals surface area contributed by atoms with E-state index in [2.05, 4.69) is 53.6 Å². The Morgan fingerprint density at radius 3 is 2.75 bits per heavy atom. The molecule has 0 aliphatic carbocycles. The van der Waals surface area contributed by atoms with E-state index in [-0.39, 0.29) is 0 Å². The smallest absolute Gasteiger partial charge is 0.0328 e. The summed E-state index contributed by atoms with van der Waals surface area (Å²) in [6.07, 6.45) is 1.22. The second-order valence-electron chi connectivity index (χ2n) is 6.14. The van der Waals surface area contributed by atoms with E-state index in [1.807, 2.05) is 11.3 Å². The minimum Gasteiger partial charge on any atom is -0.330 e. The Morgan fingerprint density at radius 1 is 1.25 bits per heavy atom. The quantitative estimate of drug-likeness (QED) is 0.930. The molecule has 2 heterocycles. The minimum absolute atomic E-state index is 0.319. The number of benzene rings is 1. The maximum Gasteiger partial charge on any atom is 0.0328 e. The molecule has 0 amide bonds. The predicted molar refractivity (Wildman–Crippen MR) is 86.8 cm³/mol. The number of rotatable bonds is 4. The molecule has 1 aromatic heterocycles. The molecule has 0 spiro atoms. The highest BCUT2D eigenvalue weighted by atomic mass is 32.1. The number of hydrogen-bond donors (Lipinski definition) is 1. The van der Waals surface area contributed by atoms with Crippen LogP contribution in [0.1, 0.15) is 18.2 Å². The van der Waals surface area contributed by atoms with Crippen molar-refractivity contribution < 1.29 is 0 Å². The maximum absolute atomic E-state index is 5.88. The molecule has 106 valence electrons. The fourth-order valence-electron chi connectivity index (χ4n) is 2.89. The summed E-state index contributed by atoms with van der Waals surface area (Å²) in [4.78, 5) is 3.98. The van der Waals surface area contributed by atoms with Crippen molar-refractivity contribution in [1.29, 1.82) is 0 Å². The molecular formula is C17H22N2S. The van der Waals surface area contributed by atoms with Crippen molar-refractivity contribution in [3.8, 4) is 11.1 Å². The van der Waals surface area contributed by atoms with Crippen molar-refractivity contribution in [2.75, 3.05) is 19.6 Å². The van der Waals surface area contributed by atoms with Crippen LogP contribution in [0, 0.1) is 5.41 Å². The van der Waals surface area contributed by atoms with Crippen molar-refractivity contribution >= 4 is 11.3 Å². The average molecular weight is 286 g/mol. The van der Waals surface area contributed by atoms with Crippen molar-refractivity contribution in [3.63, 3.8) is 0 Å². The first-order valence-corrected chi connectivity index (χ1v) is 8.12. The Bertz CT molecular complexity index is 563. The Morgan fingerprint density at radius 2 is 2.05 bits per heavy atom. The molecule has 1 fully saturated rings. The highest BCUT2D eigenvalue weighted by molar-refractivity contribution is 7.10. The van der Waals surface area contributed by atoms with Gasteiger partial charge in [0.1, 0.15) is 0 Å². The molecule has 1 aliphatic heterocycles. The monoisotopic (exact) mass is 286 g/mol. The van der Waals surface area contributed by atoms with Gasteiger partial charge in [-0.15, -0.1) is 11.3 Å². The van der Waals surface area contributed by atoms with Gasteiger partial charge in [0.2, 0.25) is 0 Å². The van der Waals surface area contributed by atoms with Crippen molar-refractivity contribution in [2.24, 2.45) is 11.1 Å². The zero-order valence-corrected chi connectivity index (χ0v) is 12.8. The summed E-state index contributed by atoms with van der Waals surface area (Å²) < 4.78 is 0. The van der Waals surface area contributed by atoms with E-state index in [4.69, 9.17) is 5.73 Å². The van der Waals surface area contributed by atoms with Gasteiger partial charge in [0, 0.05) is 18.0 Å². The normalized spacial score (nSPS) is 23.3. The van der Waals surface area contributed by atoms with E-state index in [0.717, 1.165) is 19.6 Å². The van der Waals surface area contributed by atoms with E-state index in [0.29, 0.717) is 5.41 Å². The van der Waals surface area contributed by atoms with Gasteiger partial charge in [-0.05, 0) is 47.5 Å². The van der Waals surface area contributed by atoms with Gasteiger partial charge in [-0.3, -0.25) is 4.90 Å². The van der Waals surface area contributed by atoms with Gasteiger partial charge in [-0.25, -0.2) is 0 Å². The summed E-state index contributed by atoms with van der Waals surface area (Å²) >= 11 is 1.87. The largest absolute Gasteiger partial charge is 0.330 e. The van der Waals surface area contributed by atoms with Crippen molar-refractivity contribution in [1.82, 2.24) is 4.90 Å². The Hall–Kier alpha value is -1.16. The third-order valence-electron chi connectivity index (χ3n) is 4.27. The first-order chi connectivity index (χ1) is 9.68. The van der Waals surface area contributed by atoms with Crippen LogP contribution in [0.3, 0.4) is 0 Å². The Kier molecular flexibility index (Phi) is 3.92. The standard InChI is InChI=1S/C17H22N2S/c1-17(12-18)7-8-19(13-17)10-16-9-15(11-20-16)14-5-3-2-4-6-14/h2-6,9,11H,7-8,10,12-13,18H2,1H3. The third kappa shape index (κ3) is 2.95. The SMILES string of the molecule is CC1(CN)CCN(Cc2cc(-c3ccccc3)cs2)C1. The molecule has 0 bridgehead atoms. The van der Waals surface area contributed by atoms with E-state index in [9.17, 15) is 0 Å². The van der Waals surface area contributed by atoms with Crippen molar-refractivity contribution in [2.45, 2.75) is 19.9 Å². The van der Waals surface area contributed by atoms with Crippen LogP contribution in [0.4, 0.5) is 0 Å². The van der Waals surface area contributed by atoms with Crippen LogP contribution in [0.2, 0.25) is 0 Å². The average Bonchev–Trinajstić information content (AvgIpc) is 3.08. The molecule has 2 N–H and O–H groups in total. The molecule has 1 aromatic carbocycles. The molecule has 2 nitrogen and oxygen atoms in total. The van der Waals surface area contributed by atoms with Crippen LogP contribution in [-0.4, -0.2) is 24.5 Å². The van der Waals surface area contributed by atoms with Crippen LogP contribution in [0.15, 0.2) is 41.8 Å². The van der Waals surface area contributed by atoms with Crippen molar-refractivity contribution in [3.05, 3.63) is 46.7 Å². The fourth-order valence-corrected chi connectivity index (χ4v) is 3.83. The summed E-state index contributed by atoms with van der Waals surface area (Å²) in [5.41, 5.74) is 8.85. The molecule has 2 aromatic rings. The van der Waals surface area contributed by atoms with E-state index >= 15 is 0 Å². The summed E-state index contributed by atoms with van der Waals surface area (Å²) in [7, 11) is 0. The Labute approximate surface area is 125 Å². The number of nitrogens with zero attached hydrogens (tertiary/aromatic N) is 1. The van der Waals surface area contributed by atoms with Gasteiger partial charge < -0.3 is 5.73 Å². The third-order valence-corrected chi connectivity index (χ3v) is 5.19. The van der Waals surface area contributed by atoms with E-state index in [1.165, 1.54) is 29.0 Å². The van der Waals surface area contributed by atoms with Crippen LogP contribution in [0.5, 0.6) is 0 Å². The van der Waals surface area contributed by atoms with Gasteiger partial charge in [0.25, 0.3) is 0 Å². The maximum atomic E-state index is 5.88. The molecule has 3 heteroatoms. The number of likely N-dealkylation sites (tertiary alicyclic amines) is 1. The molecular weight excluding hydrogens is 264 g/mol. The van der Waals surface area contributed by atoms with Crippen LogP contribution in [0.25, 0.3) is 11.1 Å². The molecule has 1 atom stereocenters. The number of nitrogens with two attached hydrogens (primary N) is 1. The summed E-state index contributed by atoms with van der Waals surface area (Å²) in [6, 6.07) is 12.9. The lowest BCUT2D eigenvalue weighted by atomic mass is 9.90. The lowest BCUT2D eigenvalue weighted by molar-refractivity contribution is 0.276. The first kappa shape index (κ1) is 13.8. The predicted octanol–water partition coefficient (Wildman–Crippen LogP) is 3.59. The van der Waals surface area contributed by atoms with Gasteiger partial charge in [0.15, 0.2) is 0 Å². The van der Waals surface area contributed by atoms with E-state index in [1.54, 1.807) is 0 Å². The zero-order chi connectivity index (χ0) is 14.0. The molecule has 0 saturated carbocycles. The van der Waals surface area contributed by atoms with Crippen LogP contribution >= 0.6 is 11.3 Å². The highest BCUT2D eigenvalue weighted by Gasteiger charge is 2.32. The summed E-state index contributed by atoms with van der Waals surface area (Å²) in [6.45, 7) is 6.46. The van der Waals surface area contributed by atoms with E-state index < -0.39 is 0 Å². The Balaban J connectivity index is 1.67. The first-order valence-electron chi connectivity index (χ1n) is 7.24. The molecule has 1 saturated heterocycles. The number of hydrogen-bond acceptors (Lipinski definition) is 3. The molecule has 0 radical (unpaired) electrons. The minimum atomic E-state index is 0.319. The fraction of sp³-hybridized carbons (Fsp3) is 0.412. The van der Waals surface area contributed by atoms with Crippen LogP contribution in [-0.2, 0) is 6.54 Å². The van der Waals surface area contributed by atoms with Gasteiger partial charge in [-0.1, -0.05) is 37.3 Å². The molecule has 1 aliphatic rings. The highest BCUT2D eigenvalue weighted by Crippen LogP contribution is 2.31. The molecule has 1 unspecified atom stereocenters. The number of thiophene rings is 1. The summed E-state index contributed by atoms with van der Waals surface area (Å²) in [5.74, 6) is 0. The van der Waals surface area contributed by atoms with Crippen LogP contribution < -0.4 is 5.73 Å². The van der Waals surface area contributed by atoms with Gasteiger partial charge in [0.05, 0.1) is 0 Å². The lowest BCUT2D eigenvalue weighted by Gasteiger charge is -2.22. The van der Waals surface area contributed by atoms with Gasteiger partial charge >= 0.3 is 0 Å². The second-order valence-corrected chi connectivity index (χ2v) is 7.14. The summed E-state index contributed by atoms with van der Waals surface area (Å²) in [5, 5.41) is 2.27. The second kappa shape index (κ2) is 5.68. The van der Waals surface area contributed by atoms with Gasteiger partial charge in [-0.2, -0.15) is 0 Å².